The average Bonchev–Trinajstić information content (AvgIpc) is 3.24. The molecule has 0 heterocycles. The van der Waals surface area contributed by atoms with Crippen LogP contribution in [0.25, 0.3) is 0 Å². The summed E-state index contributed by atoms with van der Waals surface area (Å²) in [4.78, 5) is 12.5. The predicted octanol–water partition coefficient (Wildman–Crippen LogP) is 15.7. The maximum absolute atomic E-state index is 12.5. The molecule has 5 nitrogen and oxygen atoms in total. The summed E-state index contributed by atoms with van der Waals surface area (Å²) in [5.74, 6) is -0.516. The molecule has 0 aromatic carbocycles. The number of nitrogens with one attached hydrogen (secondary N) is 1. The summed E-state index contributed by atoms with van der Waals surface area (Å²) >= 11 is 0. The van der Waals surface area contributed by atoms with Crippen molar-refractivity contribution in [3.05, 3.63) is 48.6 Å². The Morgan fingerprint density at radius 3 is 1.14 bits per heavy atom. The van der Waals surface area contributed by atoms with Crippen molar-refractivity contribution in [1.29, 1.82) is 0 Å². The monoisotopic (exact) mass is 828 g/mol. The molecule has 0 spiro atoms. The maximum atomic E-state index is 12.5. The third-order valence-electron chi connectivity index (χ3n) is 11.9. The van der Waals surface area contributed by atoms with Crippen molar-refractivity contribution < 1.29 is 20.1 Å². The third-order valence-corrected chi connectivity index (χ3v) is 11.9. The molecule has 0 fully saturated rings. The van der Waals surface area contributed by atoms with E-state index in [1.54, 1.807) is 6.08 Å². The number of carbonyl (C=O) groups is 1. The number of carbonyl (C=O) groups excluding carboxylic acids is 1. The van der Waals surface area contributed by atoms with E-state index in [-0.39, 0.29) is 6.61 Å². The van der Waals surface area contributed by atoms with Gasteiger partial charge in [-0.05, 0) is 64.2 Å². The van der Waals surface area contributed by atoms with E-state index in [0.29, 0.717) is 6.42 Å². The fourth-order valence-corrected chi connectivity index (χ4v) is 7.82. The van der Waals surface area contributed by atoms with Crippen LogP contribution in [0.3, 0.4) is 0 Å². The molecular weight excluding hydrogens is 727 g/mol. The molecule has 59 heavy (non-hydrogen) atoms. The highest BCUT2D eigenvalue weighted by Crippen LogP contribution is 2.16. The lowest BCUT2D eigenvalue weighted by molar-refractivity contribution is -0.131. The Balaban J connectivity index is 3.67. The van der Waals surface area contributed by atoms with Gasteiger partial charge in [-0.2, -0.15) is 0 Å². The average molecular weight is 828 g/mol. The molecule has 4 N–H and O–H groups in total. The van der Waals surface area contributed by atoms with E-state index >= 15 is 0 Å². The van der Waals surface area contributed by atoms with Gasteiger partial charge in [0.05, 0.1) is 18.8 Å². The molecule has 0 aromatic heterocycles. The maximum Gasteiger partial charge on any atom is 0.249 e. The van der Waals surface area contributed by atoms with Crippen LogP contribution in [0, 0.1) is 0 Å². The number of aliphatic hydroxyl groups excluding tert-OH is 3. The Bertz CT molecular complexity index is 958. The summed E-state index contributed by atoms with van der Waals surface area (Å²) in [5, 5.41) is 33.3. The van der Waals surface area contributed by atoms with Gasteiger partial charge in [-0.3, -0.25) is 4.79 Å². The topological polar surface area (TPSA) is 89.8 Å². The van der Waals surface area contributed by atoms with Crippen LogP contribution >= 0.6 is 0 Å². The smallest absolute Gasteiger partial charge is 0.249 e. The van der Waals surface area contributed by atoms with Crippen molar-refractivity contribution in [2.75, 3.05) is 6.61 Å². The highest BCUT2D eigenvalue weighted by molar-refractivity contribution is 5.80. The van der Waals surface area contributed by atoms with Crippen LogP contribution in [-0.4, -0.2) is 46.1 Å². The predicted molar refractivity (Wildman–Crippen MR) is 259 cm³/mol. The standard InChI is InChI=1S/C54H101NO4/c1-3-5-7-9-11-13-15-17-19-21-23-25-26-27-29-31-33-35-37-39-41-43-45-47-49-53(58)54(59)55-51(50-56)52(57)48-46-44-42-40-38-36-34-32-30-28-24-22-20-18-16-14-12-10-8-6-4-2/h23,25,27,29,38,40,46,48,51-53,56-58H,3-22,24,26,28,30-37,39,41-45,47,49-50H2,1-2H3,(H,55,59)/b25-23-,29-27-,40-38+,48-46+. The Labute approximate surface area is 367 Å². The Morgan fingerprint density at radius 2 is 0.746 bits per heavy atom. The van der Waals surface area contributed by atoms with Gasteiger partial charge in [-0.1, -0.05) is 249 Å². The van der Waals surface area contributed by atoms with Crippen molar-refractivity contribution in [3.8, 4) is 0 Å². The van der Waals surface area contributed by atoms with Gasteiger partial charge in [-0.15, -0.1) is 0 Å². The molecule has 0 radical (unpaired) electrons. The lowest BCUT2D eigenvalue weighted by Crippen LogP contribution is -2.48. The number of allylic oxidation sites excluding steroid dienone is 7. The highest BCUT2D eigenvalue weighted by atomic mass is 16.3. The lowest BCUT2D eigenvalue weighted by Gasteiger charge is -2.21. The van der Waals surface area contributed by atoms with Gasteiger partial charge in [0.1, 0.15) is 6.10 Å². The SMILES string of the molecule is CCCCCCCCCCC/C=C\C/C=C\CCCCCCCCCCC(O)C(=O)NC(CO)C(O)/C=C/CC/C=C/CCCCCCCCCCCCCCCCC. The second kappa shape index (κ2) is 49.0. The summed E-state index contributed by atoms with van der Waals surface area (Å²) in [7, 11) is 0. The second-order valence-corrected chi connectivity index (χ2v) is 17.7. The number of hydrogen-bond donors (Lipinski definition) is 4. The van der Waals surface area contributed by atoms with Crippen molar-refractivity contribution in [3.63, 3.8) is 0 Å². The Morgan fingerprint density at radius 1 is 0.424 bits per heavy atom. The first-order chi connectivity index (χ1) is 29.1. The number of amides is 1. The van der Waals surface area contributed by atoms with Gasteiger partial charge in [0.25, 0.3) is 0 Å². The van der Waals surface area contributed by atoms with E-state index in [0.717, 1.165) is 44.9 Å². The molecule has 0 bridgehead atoms. The van der Waals surface area contributed by atoms with E-state index in [1.165, 1.54) is 199 Å². The number of rotatable bonds is 47. The third kappa shape index (κ3) is 44.2. The Kier molecular flexibility index (Phi) is 47.6. The van der Waals surface area contributed by atoms with Crippen molar-refractivity contribution in [1.82, 2.24) is 5.32 Å². The normalized spacial score (nSPS) is 13.8. The fraction of sp³-hybridized carbons (Fsp3) is 0.833. The molecule has 0 saturated carbocycles. The van der Waals surface area contributed by atoms with Crippen molar-refractivity contribution in [2.24, 2.45) is 0 Å². The lowest BCUT2D eigenvalue weighted by atomic mass is 10.0. The molecule has 1 amide bonds. The zero-order valence-corrected chi connectivity index (χ0v) is 39.4. The van der Waals surface area contributed by atoms with Gasteiger partial charge in [-0.25, -0.2) is 0 Å². The van der Waals surface area contributed by atoms with E-state index in [2.05, 4.69) is 55.6 Å². The van der Waals surface area contributed by atoms with Gasteiger partial charge in [0, 0.05) is 0 Å². The van der Waals surface area contributed by atoms with Crippen LogP contribution in [0.4, 0.5) is 0 Å². The van der Waals surface area contributed by atoms with Crippen LogP contribution in [-0.2, 0) is 4.79 Å². The summed E-state index contributed by atoms with van der Waals surface area (Å²) < 4.78 is 0. The van der Waals surface area contributed by atoms with E-state index < -0.39 is 24.2 Å². The van der Waals surface area contributed by atoms with Gasteiger partial charge < -0.3 is 20.6 Å². The minimum absolute atomic E-state index is 0.379. The Hall–Kier alpha value is -1.69. The van der Waals surface area contributed by atoms with Gasteiger partial charge in [0.2, 0.25) is 5.91 Å². The van der Waals surface area contributed by atoms with Gasteiger partial charge >= 0.3 is 0 Å². The fourth-order valence-electron chi connectivity index (χ4n) is 7.82. The molecule has 3 atom stereocenters. The first-order valence-electron chi connectivity index (χ1n) is 26.0. The van der Waals surface area contributed by atoms with Crippen LogP contribution in [0.15, 0.2) is 48.6 Å². The van der Waals surface area contributed by atoms with Crippen LogP contribution in [0.2, 0.25) is 0 Å². The number of unbranched alkanes of at least 4 members (excludes halogenated alkanes) is 33. The molecule has 0 rings (SSSR count). The minimum atomic E-state index is -1.11. The second-order valence-electron chi connectivity index (χ2n) is 17.7. The van der Waals surface area contributed by atoms with Crippen LogP contribution < -0.4 is 5.32 Å². The number of hydrogen-bond acceptors (Lipinski definition) is 4. The first kappa shape index (κ1) is 57.3. The molecular formula is C54H101NO4. The molecule has 5 heteroatoms. The molecule has 0 aliphatic rings. The minimum Gasteiger partial charge on any atom is -0.394 e. The molecule has 0 saturated heterocycles. The van der Waals surface area contributed by atoms with Crippen molar-refractivity contribution in [2.45, 2.75) is 283 Å². The first-order valence-corrected chi connectivity index (χ1v) is 26.0. The molecule has 0 aromatic rings. The summed E-state index contributed by atoms with van der Waals surface area (Å²) in [6.07, 6.45) is 64.5. The van der Waals surface area contributed by atoms with Crippen LogP contribution in [0.5, 0.6) is 0 Å². The molecule has 0 aliphatic heterocycles. The summed E-state index contributed by atoms with van der Waals surface area (Å²) in [5.41, 5.74) is 0. The molecule has 3 unspecified atom stereocenters. The molecule has 0 aliphatic carbocycles. The highest BCUT2D eigenvalue weighted by Gasteiger charge is 2.22. The summed E-state index contributed by atoms with van der Waals surface area (Å²) in [6.45, 7) is 4.19. The van der Waals surface area contributed by atoms with E-state index in [4.69, 9.17) is 0 Å². The zero-order chi connectivity index (χ0) is 43.0. The van der Waals surface area contributed by atoms with Crippen LogP contribution in [0.1, 0.15) is 264 Å². The zero-order valence-electron chi connectivity index (χ0n) is 39.4. The number of aliphatic hydroxyl groups is 3. The van der Waals surface area contributed by atoms with E-state index in [9.17, 15) is 20.1 Å². The summed E-state index contributed by atoms with van der Waals surface area (Å²) in [6, 6.07) is -0.819. The largest absolute Gasteiger partial charge is 0.394 e. The quantitative estimate of drug-likeness (QED) is 0.0363. The van der Waals surface area contributed by atoms with Crippen molar-refractivity contribution >= 4 is 5.91 Å². The molecule has 346 valence electrons. The van der Waals surface area contributed by atoms with Gasteiger partial charge in [0.15, 0.2) is 0 Å². The van der Waals surface area contributed by atoms with E-state index in [1.807, 2.05) is 6.08 Å².